The zero-order chi connectivity index (χ0) is 20.7. The van der Waals surface area contributed by atoms with E-state index in [-0.39, 0.29) is 23.0 Å². The number of amides is 1. The Hall–Kier alpha value is -1.79. The fourth-order valence-electron chi connectivity index (χ4n) is 3.94. The van der Waals surface area contributed by atoms with Gasteiger partial charge in [-0.05, 0) is 58.4 Å². The number of nitrogens with one attached hydrogen (secondary N) is 1. The van der Waals surface area contributed by atoms with Gasteiger partial charge in [0.05, 0.1) is 6.61 Å². The molecule has 0 aliphatic carbocycles. The summed E-state index contributed by atoms with van der Waals surface area (Å²) < 4.78 is 5.47. The highest BCUT2D eigenvalue weighted by atomic mass is 16.5. The fourth-order valence-corrected chi connectivity index (χ4v) is 3.94. The summed E-state index contributed by atoms with van der Waals surface area (Å²) in [6.45, 7) is 10.8. The van der Waals surface area contributed by atoms with Crippen LogP contribution in [0, 0.1) is 11.3 Å². The lowest BCUT2D eigenvalue weighted by atomic mass is 9.91. The number of benzene rings is 1. The standard InChI is InChI=1S/C22H37N3O3/c1-6-28-19-9-7-8-18(20(19)26)14-25-12-10-17(11-13-25)21(27)23-15-22(2,3)16-24(4)5/h7-9,17,26H,6,10-16H2,1-5H3,(H,23,27). The third-order valence-corrected chi connectivity index (χ3v) is 5.22. The molecule has 2 N–H and O–H groups in total. The molecule has 0 bridgehead atoms. The number of carbonyl (C=O) groups is 1. The number of piperidine rings is 1. The van der Waals surface area contributed by atoms with Crippen LogP contribution in [0.1, 0.15) is 39.2 Å². The van der Waals surface area contributed by atoms with Crippen LogP contribution in [0.4, 0.5) is 0 Å². The first-order valence-corrected chi connectivity index (χ1v) is 10.3. The molecule has 0 unspecified atom stereocenters. The number of phenols is 1. The predicted molar refractivity (Wildman–Crippen MR) is 113 cm³/mol. The Morgan fingerprint density at radius 3 is 2.61 bits per heavy atom. The third kappa shape index (κ3) is 6.67. The quantitative estimate of drug-likeness (QED) is 0.678. The molecule has 6 heteroatoms. The molecule has 1 saturated heterocycles. The number of hydrogen-bond acceptors (Lipinski definition) is 5. The maximum Gasteiger partial charge on any atom is 0.223 e. The SMILES string of the molecule is CCOc1cccc(CN2CCC(C(=O)NCC(C)(C)CN(C)C)CC2)c1O. The van der Waals surface area contributed by atoms with Crippen molar-refractivity contribution in [1.29, 1.82) is 0 Å². The Kier molecular flexibility index (Phi) is 8.13. The molecule has 1 amide bonds. The van der Waals surface area contributed by atoms with Gasteiger partial charge in [0.15, 0.2) is 11.5 Å². The van der Waals surface area contributed by atoms with E-state index in [4.69, 9.17) is 4.74 Å². The lowest BCUT2D eigenvalue weighted by Gasteiger charge is -2.33. The topological polar surface area (TPSA) is 65.0 Å². The Morgan fingerprint density at radius 1 is 1.32 bits per heavy atom. The molecule has 0 atom stereocenters. The van der Waals surface area contributed by atoms with Crippen molar-refractivity contribution in [2.24, 2.45) is 11.3 Å². The van der Waals surface area contributed by atoms with Crippen LogP contribution in [0.15, 0.2) is 18.2 Å². The van der Waals surface area contributed by atoms with Crippen molar-refractivity contribution in [2.45, 2.75) is 40.2 Å². The highest BCUT2D eigenvalue weighted by molar-refractivity contribution is 5.78. The Labute approximate surface area is 169 Å². The van der Waals surface area contributed by atoms with E-state index in [0.29, 0.717) is 25.4 Å². The maximum atomic E-state index is 12.6. The first-order chi connectivity index (χ1) is 13.2. The molecule has 1 aromatic carbocycles. The summed E-state index contributed by atoms with van der Waals surface area (Å²) in [7, 11) is 4.11. The van der Waals surface area contributed by atoms with E-state index in [1.807, 2.05) is 19.1 Å². The number of nitrogens with zero attached hydrogens (tertiary/aromatic N) is 2. The van der Waals surface area contributed by atoms with Crippen molar-refractivity contribution in [3.8, 4) is 11.5 Å². The van der Waals surface area contributed by atoms with Crippen LogP contribution in [-0.4, -0.2) is 67.7 Å². The molecular weight excluding hydrogens is 354 g/mol. The van der Waals surface area contributed by atoms with Crippen molar-refractivity contribution in [2.75, 3.05) is 46.9 Å². The molecule has 2 rings (SSSR count). The number of carbonyl (C=O) groups excluding carboxylic acids is 1. The van der Waals surface area contributed by atoms with Gasteiger partial charge in [0.2, 0.25) is 5.91 Å². The van der Waals surface area contributed by atoms with Crippen molar-refractivity contribution >= 4 is 5.91 Å². The predicted octanol–water partition coefficient (Wildman–Crippen LogP) is 2.71. The number of ether oxygens (including phenoxy) is 1. The molecule has 1 fully saturated rings. The summed E-state index contributed by atoms with van der Waals surface area (Å²) in [5.74, 6) is 1.02. The molecule has 0 saturated carbocycles. The van der Waals surface area contributed by atoms with Crippen LogP contribution in [0.3, 0.4) is 0 Å². The van der Waals surface area contributed by atoms with Gasteiger partial charge in [-0.25, -0.2) is 0 Å². The van der Waals surface area contributed by atoms with Crippen LogP contribution in [0.2, 0.25) is 0 Å². The average molecular weight is 392 g/mol. The first-order valence-electron chi connectivity index (χ1n) is 10.3. The van der Waals surface area contributed by atoms with E-state index in [0.717, 1.165) is 38.0 Å². The number of likely N-dealkylation sites (tertiary alicyclic amines) is 1. The van der Waals surface area contributed by atoms with E-state index in [2.05, 4.69) is 43.1 Å². The molecular formula is C22H37N3O3. The molecule has 6 nitrogen and oxygen atoms in total. The summed E-state index contributed by atoms with van der Waals surface area (Å²) in [6.07, 6.45) is 1.71. The van der Waals surface area contributed by atoms with Gasteiger partial charge < -0.3 is 20.1 Å². The Morgan fingerprint density at radius 2 is 2.00 bits per heavy atom. The lowest BCUT2D eigenvalue weighted by Crippen LogP contribution is -2.44. The van der Waals surface area contributed by atoms with Gasteiger partial charge in [-0.15, -0.1) is 0 Å². The van der Waals surface area contributed by atoms with Gasteiger partial charge in [-0.3, -0.25) is 9.69 Å². The summed E-state index contributed by atoms with van der Waals surface area (Å²) in [5, 5.41) is 13.5. The van der Waals surface area contributed by atoms with Gasteiger partial charge in [-0.1, -0.05) is 26.0 Å². The van der Waals surface area contributed by atoms with Crippen molar-refractivity contribution in [3.63, 3.8) is 0 Å². The van der Waals surface area contributed by atoms with Crippen molar-refractivity contribution in [1.82, 2.24) is 15.1 Å². The molecule has 28 heavy (non-hydrogen) atoms. The minimum atomic E-state index is 0.0585. The van der Waals surface area contributed by atoms with E-state index in [1.165, 1.54) is 0 Å². The maximum absolute atomic E-state index is 12.6. The summed E-state index contributed by atoms with van der Waals surface area (Å²) in [5.41, 5.74) is 0.933. The average Bonchev–Trinajstić information content (AvgIpc) is 2.63. The number of phenolic OH excluding ortho intramolecular Hbond substituents is 1. The zero-order valence-corrected chi connectivity index (χ0v) is 18.1. The third-order valence-electron chi connectivity index (χ3n) is 5.22. The van der Waals surface area contributed by atoms with Crippen LogP contribution < -0.4 is 10.1 Å². The van der Waals surface area contributed by atoms with Crippen LogP contribution in [-0.2, 0) is 11.3 Å². The molecule has 0 radical (unpaired) electrons. The fraction of sp³-hybridized carbons (Fsp3) is 0.682. The second-order valence-corrected chi connectivity index (χ2v) is 8.87. The van der Waals surface area contributed by atoms with Crippen LogP contribution in [0.5, 0.6) is 11.5 Å². The minimum Gasteiger partial charge on any atom is -0.504 e. The molecule has 1 aliphatic heterocycles. The van der Waals surface area contributed by atoms with Crippen LogP contribution in [0.25, 0.3) is 0 Å². The summed E-state index contributed by atoms with van der Waals surface area (Å²) >= 11 is 0. The lowest BCUT2D eigenvalue weighted by molar-refractivity contribution is -0.127. The number of hydrogen-bond donors (Lipinski definition) is 2. The van der Waals surface area contributed by atoms with Crippen molar-refractivity contribution in [3.05, 3.63) is 23.8 Å². The second-order valence-electron chi connectivity index (χ2n) is 8.87. The van der Waals surface area contributed by atoms with Gasteiger partial charge in [0, 0.05) is 31.1 Å². The molecule has 1 aliphatic rings. The zero-order valence-electron chi connectivity index (χ0n) is 18.1. The van der Waals surface area contributed by atoms with E-state index < -0.39 is 0 Å². The van der Waals surface area contributed by atoms with Gasteiger partial charge in [-0.2, -0.15) is 0 Å². The summed E-state index contributed by atoms with van der Waals surface area (Å²) in [4.78, 5) is 17.0. The minimum absolute atomic E-state index is 0.0585. The summed E-state index contributed by atoms with van der Waals surface area (Å²) in [6, 6.07) is 5.63. The molecule has 0 aromatic heterocycles. The number of para-hydroxylation sites is 1. The number of aromatic hydroxyl groups is 1. The van der Waals surface area contributed by atoms with E-state index in [9.17, 15) is 9.90 Å². The highest BCUT2D eigenvalue weighted by Crippen LogP contribution is 2.31. The van der Waals surface area contributed by atoms with Gasteiger partial charge >= 0.3 is 0 Å². The Bertz CT molecular complexity index is 638. The second kappa shape index (κ2) is 10.1. The first kappa shape index (κ1) is 22.5. The monoisotopic (exact) mass is 391 g/mol. The normalized spacial score (nSPS) is 16.4. The highest BCUT2D eigenvalue weighted by Gasteiger charge is 2.27. The Balaban J connectivity index is 1.81. The van der Waals surface area contributed by atoms with E-state index >= 15 is 0 Å². The largest absolute Gasteiger partial charge is 0.504 e. The van der Waals surface area contributed by atoms with E-state index in [1.54, 1.807) is 6.07 Å². The number of rotatable bonds is 9. The molecule has 1 heterocycles. The molecule has 0 spiro atoms. The molecule has 158 valence electrons. The van der Waals surface area contributed by atoms with Gasteiger partial charge in [0.25, 0.3) is 0 Å². The van der Waals surface area contributed by atoms with Crippen molar-refractivity contribution < 1.29 is 14.6 Å². The van der Waals surface area contributed by atoms with Crippen LogP contribution >= 0.6 is 0 Å². The smallest absolute Gasteiger partial charge is 0.223 e. The molecule has 1 aromatic rings. The van der Waals surface area contributed by atoms with Gasteiger partial charge in [0.1, 0.15) is 0 Å².